The van der Waals surface area contributed by atoms with Crippen LogP contribution in [0, 0.1) is 11.7 Å². The van der Waals surface area contributed by atoms with Crippen molar-refractivity contribution >= 4 is 22.4 Å². The van der Waals surface area contributed by atoms with E-state index in [1.165, 1.54) is 6.07 Å². The zero-order chi connectivity index (χ0) is 25.1. The Kier molecular flexibility index (Phi) is 7.91. The molecule has 1 N–H and O–H groups in total. The first-order valence-electron chi connectivity index (χ1n) is 12.8. The number of pyridine rings is 1. The molecule has 0 amide bonds. The van der Waals surface area contributed by atoms with Crippen molar-refractivity contribution in [3.05, 3.63) is 52.1 Å². The van der Waals surface area contributed by atoms with E-state index in [-0.39, 0.29) is 11.2 Å². The number of nitrogens with one attached hydrogen (secondary N) is 1. The molecule has 8 heteroatoms. The molecule has 1 unspecified atom stereocenters. The van der Waals surface area contributed by atoms with Crippen molar-refractivity contribution in [1.29, 1.82) is 0 Å². The summed E-state index contributed by atoms with van der Waals surface area (Å²) in [5, 5.41) is 0.370. The number of rotatable bonds is 9. The molecule has 0 bridgehead atoms. The number of aliphatic imine (C=N–C) groups is 1. The summed E-state index contributed by atoms with van der Waals surface area (Å²) in [6.45, 7) is 14.5. The van der Waals surface area contributed by atoms with Gasteiger partial charge in [0.15, 0.2) is 17.5 Å². The summed E-state index contributed by atoms with van der Waals surface area (Å²) in [6, 6.07) is 3.27. The SMILES string of the molecule is C=C(CC)CC1N=C(c2cn(CC(CC)CC)c3cc(N4CCN(C)CC4)c(F)cc3c2=O)NO1. The normalized spacial score (nSPS) is 18.9. The summed E-state index contributed by atoms with van der Waals surface area (Å²) >= 11 is 0. The molecule has 0 saturated carbocycles. The maximum absolute atomic E-state index is 15.4. The lowest BCUT2D eigenvalue weighted by Gasteiger charge is -2.34. The van der Waals surface area contributed by atoms with Crippen LogP contribution >= 0.6 is 0 Å². The molecule has 0 aliphatic carbocycles. The highest BCUT2D eigenvalue weighted by Crippen LogP contribution is 2.27. The van der Waals surface area contributed by atoms with Gasteiger partial charge < -0.3 is 14.4 Å². The fraction of sp³-hybridized carbons (Fsp3) is 0.556. The maximum atomic E-state index is 15.4. The molecular weight excluding hydrogens is 445 g/mol. The smallest absolute Gasteiger partial charge is 0.200 e. The van der Waals surface area contributed by atoms with E-state index in [4.69, 9.17) is 4.84 Å². The monoisotopic (exact) mass is 483 g/mol. The molecule has 1 saturated heterocycles. The first-order chi connectivity index (χ1) is 16.8. The quantitative estimate of drug-likeness (QED) is 0.539. The standard InChI is InChI=1S/C27H38FN5O2/c1-6-18(4)13-25-29-27(30-35-25)21-17-33(16-19(7-2)8-3)23-15-24(22(28)14-20(23)26(21)34)32-11-9-31(5)10-12-32/h14-15,17,19,25H,4,6-13,16H2,1-3,5H3,(H,29,30). The summed E-state index contributed by atoms with van der Waals surface area (Å²) < 4.78 is 17.5. The Morgan fingerprint density at radius 2 is 1.94 bits per heavy atom. The Labute approximate surface area is 207 Å². The van der Waals surface area contributed by atoms with Gasteiger partial charge in [0.25, 0.3) is 0 Å². The van der Waals surface area contributed by atoms with Gasteiger partial charge in [0.2, 0.25) is 0 Å². The van der Waals surface area contributed by atoms with Crippen molar-refractivity contribution in [2.45, 2.75) is 59.2 Å². The van der Waals surface area contributed by atoms with Crippen LogP contribution in [0.3, 0.4) is 0 Å². The van der Waals surface area contributed by atoms with Gasteiger partial charge in [0, 0.05) is 50.7 Å². The van der Waals surface area contributed by atoms with Crippen molar-refractivity contribution < 1.29 is 9.23 Å². The summed E-state index contributed by atoms with van der Waals surface area (Å²) in [7, 11) is 2.08. The van der Waals surface area contributed by atoms with Crippen LogP contribution in [-0.4, -0.2) is 54.8 Å². The van der Waals surface area contributed by atoms with Gasteiger partial charge in [0.1, 0.15) is 5.82 Å². The molecular formula is C27H38FN5O2. The van der Waals surface area contributed by atoms with Gasteiger partial charge in [-0.15, -0.1) is 0 Å². The van der Waals surface area contributed by atoms with Crippen LogP contribution in [0.1, 0.15) is 52.0 Å². The predicted octanol–water partition coefficient (Wildman–Crippen LogP) is 4.29. The summed E-state index contributed by atoms with van der Waals surface area (Å²) in [5.41, 5.74) is 5.36. The van der Waals surface area contributed by atoms with E-state index >= 15 is 4.39 Å². The predicted molar refractivity (Wildman–Crippen MR) is 141 cm³/mol. The highest BCUT2D eigenvalue weighted by atomic mass is 19.1. The number of halogens is 1. The number of anilines is 1. The summed E-state index contributed by atoms with van der Waals surface area (Å²) in [5.74, 6) is 0.480. The lowest BCUT2D eigenvalue weighted by atomic mass is 10.0. The first kappa shape index (κ1) is 25.4. The Morgan fingerprint density at radius 3 is 2.60 bits per heavy atom. The maximum Gasteiger partial charge on any atom is 0.200 e. The van der Waals surface area contributed by atoms with Crippen molar-refractivity contribution in [3.8, 4) is 0 Å². The molecule has 1 aromatic heterocycles. The molecule has 2 aliphatic heterocycles. The van der Waals surface area contributed by atoms with E-state index < -0.39 is 6.23 Å². The Balaban J connectivity index is 1.80. The van der Waals surface area contributed by atoms with Crippen LogP contribution in [0.4, 0.5) is 10.1 Å². The van der Waals surface area contributed by atoms with E-state index in [1.54, 1.807) is 0 Å². The largest absolute Gasteiger partial charge is 0.367 e. The second-order valence-corrected chi connectivity index (χ2v) is 9.78. The second-order valence-electron chi connectivity index (χ2n) is 9.78. The van der Waals surface area contributed by atoms with Crippen molar-refractivity contribution in [2.75, 3.05) is 38.1 Å². The highest BCUT2D eigenvalue weighted by Gasteiger charge is 2.25. The number of nitrogens with zero attached hydrogens (tertiary/aromatic N) is 4. The van der Waals surface area contributed by atoms with Crippen LogP contribution in [0.15, 0.2) is 40.3 Å². The molecule has 35 heavy (non-hydrogen) atoms. The first-order valence-corrected chi connectivity index (χ1v) is 12.8. The molecule has 4 rings (SSSR count). The highest BCUT2D eigenvalue weighted by molar-refractivity contribution is 6.01. The number of hydrogen-bond donors (Lipinski definition) is 1. The number of hydroxylamine groups is 1. The Bertz CT molecular complexity index is 1160. The fourth-order valence-corrected chi connectivity index (χ4v) is 4.76. The minimum Gasteiger partial charge on any atom is -0.367 e. The molecule has 1 atom stereocenters. The lowest BCUT2D eigenvalue weighted by molar-refractivity contribution is 0.0386. The van der Waals surface area contributed by atoms with Gasteiger partial charge in [-0.2, -0.15) is 0 Å². The molecule has 2 aromatic rings. The number of likely N-dealkylation sites (N-methyl/N-ethyl adjacent to an activating group) is 1. The number of fused-ring (bicyclic) bond motifs is 1. The molecule has 1 aromatic carbocycles. The second kappa shape index (κ2) is 10.9. The van der Waals surface area contributed by atoms with Crippen LogP contribution in [0.2, 0.25) is 0 Å². The number of benzene rings is 1. The van der Waals surface area contributed by atoms with E-state index in [0.717, 1.165) is 63.1 Å². The average Bonchev–Trinajstić information content (AvgIpc) is 3.32. The van der Waals surface area contributed by atoms with E-state index in [2.05, 4.69) is 52.3 Å². The van der Waals surface area contributed by atoms with Crippen molar-refractivity contribution in [2.24, 2.45) is 10.9 Å². The molecule has 0 radical (unpaired) electrons. The van der Waals surface area contributed by atoms with E-state index in [1.807, 2.05) is 19.2 Å². The number of aromatic nitrogens is 1. The molecule has 3 heterocycles. The Hall–Kier alpha value is -2.71. The Morgan fingerprint density at radius 1 is 1.23 bits per heavy atom. The fourth-order valence-electron chi connectivity index (χ4n) is 4.76. The number of hydrogen-bond acceptors (Lipinski definition) is 6. The molecule has 7 nitrogen and oxygen atoms in total. The molecule has 2 aliphatic rings. The van der Waals surface area contributed by atoms with Crippen LogP contribution in [-0.2, 0) is 11.4 Å². The summed E-state index contributed by atoms with van der Waals surface area (Å²) in [6.07, 6.45) is 4.92. The van der Waals surface area contributed by atoms with Gasteiger partial charge in [-0.1, -0.05) is 45.8 Å². The number of piperazine rings is 1. The van der Waals surface area contributed by atoms with Gasteiger partial charge >= 0.3 is 0 Å². The third-order valence-corrected chi connectivity index (χ3v) is 7.39. The minimum absolute atomic E-state index is 0.241. The summed E-state index contributed by atoms with van der Waals surface area (Å²) in [4.78, 5) is 28.1. The number of amidine groups is 1. The van der Waals surface area contributed by atoms with Crippen LogP contribution in [0.25, 0.3) is 10.9 Å². The average molecular weight is 484 g/mol. The van der Waals surface area contributed by atoms with Gasteiger partial charge in [-0.3, -0.25) is 4.79 Å². The van der Waals surface area contributed by atoms with Crippen molar-refractivity contribution in [1.82, 2.24) is 14.9 Å². The lowest BCUT2D eigenvalue weighted by Crippen LogP contribution is -2.44. The third-order valence-electron chi connectivity index (χ3n) is 7.39. The minimum atomic E-state index is -0.420. The van der Waals surface area contributed by atoms with E-state index in [9.17, 15) is 4.79 Å². The van der Waals surface area contributed by atoms with Crippen LogP contribution in [0.5, 0.6) is 0 Å². The molecule has 1 fully saturated rings. The van der Waals surface area contributed by atoms with E-state index in [0.29, 0.717) is 34.8 Å². The zero-order valence-corrected chi connectivity index (χ0v) is 21.4. The molecule has 190 valence electrons. The third kappa shape index (κ3) is 5.43. The van der Waals surface area contributed by atoms with Crippen molar-refractivity contribution in [3.63, 3.8) is 0 Å². The zero-order valence-electron chi connectivity index (χ0n) is 21.4. The topological polar surface area (TPSA) is 62.1 Å². The van der Waals surface area contributed by atoms with Gasteiger partial charge in [0.05, 0.1) is 16.8 Å². The van der Waals surface area contributed by atoms with Gasteiger partial charge in [-0.05, 0) is 31.5 Å². The van der Waals surface area contributed by atoms with Gasteiger partial charge in [-0.25, -0.2) is 19.7 Å². The van der Waals surface area contributed by atoms with Crippen LogP contribution < -0.4 is 15.8 Å². The molecule has 0 spiro atoms.